The van der Waals surface area contributed by atoms with Gasteiger partial charge in [-0.2, -0.15) is 0 Å². The lowest BCUT2D eigenvalue weighted by Crippen LogP contribution is -2.39. The van der Waals surface area contributed by atoms with E-state index in [1.54, 1.807) is 18.9 Å². The van der Waals surface area contributed by atoms with Crippen LogP contribution in [0.5, 0.6) is 0 Å². The van der Waals surface area contributed by atoms with E-state index in [1.165, 1.54) is 18.2 Å². The van der Waals surface area contributed by atoms with E-state index in [2.05, 4.69) is 19.2 Å². The van der Waals surface area contributed by atoms with E-state index in [1.807, 2.05) is 24.3 Å². The van der Waals surface area contributed by atoms with E-state index < -0.39 is 11.0 Å². The number of hydrogen-bond donors (Lipinski definition) is 1. The van der Waals surface area contributed by atoms with Crippen molar-refractivity contribution in [1.29, 1.82) is 0 Å². The van der Waals surface area contributed by atoms with Crippen LogP contribution in [0.3, 0.4) is 0 Å². The first-order chi connectivity index (χ1) is 12.7. The number of anilines is 1. The quantitative estimate of drug-likeness (QED) is 0.543. The number of nitrogens with zero attached hydrogens (tertiary/aromatic N) is 2. The number of benzene rings is 2. The molecule has 2 aromatic carbocycles. The Labute approximate surface area is 164 Å². The monoisotopic (exact) mass is 389 g/mol. The second-order valence-corrected chi connectivity index (χ2v) is 7.26. The molecule has 0 aliphatic carbocycles. The molecule has 0 aromatic heterocycles. The summed E-state index contributed by atoms with van der Waals surface area (Å²) >= 11 is 6.16. The molecule has 0 bridgehead atoms. The van der Waals surface area contributed by atoms with Crippen LogP contribution in [0.15, 0.2) is 42.5 Å². The first-order valence-corrected chi connectivity index (χ1v) is 9.11. The van der Waals surface area contributed by atoms with E-state index in [-0.39, 0.29) is 11.6 Å². The predicted octanol–water partition coefficient (Wildman–Crippen LogP) is 4.83. The van der Waals surface area contributed by atoms with Crippen LogP contribution in [-0.4, -0.2) is 28.8 Å². The van der Waals surface area contributed by atoms with Gasteiger partial charge in [-0.3, -0.25) is 19.8 Å². The van der Waals surface area contributed by atoms with Crippen molar-refractivity contribution in [2.75, 3.05) is 12.4 Å². The second kappa shape index (κ2) is 8.97. The van der Waals surface area contributed by atoms with Crippen molar-refractivity contribution < 1.29 is 9.72 Å². The zero-order chi connectivity index (χ0) is 20.1. The van der Waals surface area contributed by atoms with Crippen molar-refractivity contribution in [1.82, 2.24) is 4.90 Å². The summed E-state index contributed by atoms with van der Waals surface area (Å²) in [6.07, 6.45) is 0. The summed E-state index contributed by atoms with van der Waals surface area (Å²) in [6.45, 7) is 6.26. The third-order valence-electron chi connectivity index (χ3n) is 4.54. The fourth-order valence-electron chi connectivity index (χ4n) is 2.75. The van der Waals surface area contributed by atoms with Crippen molar-refractivity contribution >= 4 is 28.9 Å². The number of carbonyl (C=O) groups is 1. The average Bonchev–Trinajstić information content (AvgIpc) is 2.62. The van der Waals surface area contributed by atoms with Gasteiger partial charge in [0.2, 0.25) is 5.91 Å². The molecular formula is C20H24ClN3O3. The number of amides is 1. The summed E-state index contributed by atoms with van der Waals surface area (Å²) in [6, 6.07) is 11.6. The van der Waals surface area contributed by atoms with E-state index >= 15 is 0 Å². The largest absolute Gasteiger partial charge is 0.324 e. The topological polar surface area (TPSA) is 75.5 Å². The summed E-state index contributed by atoms with van der Waals surface area (Å²) in [5, 5.41) is 14.4. The third-order valence-corrected chi connectivity index (χ3v) is 4.91. The summed E-state index contributed by atoms with van der Waals surface area (Å²) in [5.41, 5.74) is 2.45. The Hall–Kier alpha value is -2.44. The smallest absolute Gasteiger partial charge is 0.269 e. The highest BCUT2D eigenvalue weighted by Gasteiger charge is 2.21. The lowest BCUT2D eigenvalue weighted by atomic mass is 10.0. The molecule has 1 amide bonds. The van der Waals surface area contributed by atoms with Gasteiger partial charge in [0.15, 0.2) is 0 Å². The Morgan fingerprint density at radius 1 is 1.22 bits per heavy atom. The molecule has 6 nitrogen and oxygen atoms in total. The number of likely N-dealkylation sites (N-methyl/N-ethyl adjacent to an activating group) is 1. The zero-order valence-electron chi connectivity index (χ0n) is 15.9. The maximum atomic E-state index is 12.7. The highest BCUT2D eigenvalue weighted by atomic mass is 35.5. The molecule has 0 fully saturated rings. The molecule has 0 aliphatic rings. The van der Waals surface area contributed by atoms with Crippen molar-refractivity contribution in [3.8, 4) is 0 Å². The number of nitro benzene ring substituents is 1. The number of carbonyl (C=O) groups excluding carboxylic acids is 1. The van der Waals surface area contributed by atoms with Gasteiger partial charge in [0.1, 0.15) is 0 Å². The lowest BCUT2D eigenvalue weighted by Gasteiger charge is -2.25. The molecule has 27 heavy (non-hydrogen) atoms. The Bertz CT molecular complexity index is 839. The Kier molecular flexibility index (Phi) is 6.93. The van der Waals surface area contributed by atoms with E-state index in [9.17, 15) is 14.9 Å². The third kappa shape index (κ3) is 5.28. The number of nitrogens with one attached hydrogen (secondary N) is 1. The maximum absolute atomic E-state index is 12.7. The van der Waals surface area contributed by atoms with Crippen LogP contribution >= 0.6 is 11.6 Å². The minimum absolute atomic E-state index is 0.0224. The molecule has 0 radical (unpaired) electrons. The highest BCUT2D eigenvalue weighted by Crippen LogP contribution is 2.25. The molecule has 0 saturated carbocycles. The molecule has 0 saturated heterocycles. The van der Waals surface area contributed by atoms with Crippen LogP contribution in [-0.2, 0) is 11.3 Å². The molecule has 0 spiro atoms. The summed E-state index contributed by atoms with van der Waals surface area (Å²) in [7, 11) is 1.79. The van der Waals surface area contributed by atoms with Gasteiger partial charge in [-0.1, -0.05) is 43.6 Å². The van der Waals surface area contributed by atoms with Gasteiger partial charge in [0.25, 0.3) is 5.69 Å². The number of rotatable bonds is 7. The van der Waals surface area contributed by atoms with Crippen LogP contribution in [0.2, 0.25) is 5.02 Å². The van der Waals surface area contributed by atoms with Gasteiger partial charge in [0.05, 0.1) is 11.0 Å². The summed E-state index contributed by atoms with van der Waals surface area (Å²) in [4.78, 5) is 25.0. The van der Waals surface area contributed by atoms with Crippen LogP contribution in [0.25, 0.3) is 0 Å². The number of nitro groups is 1. The fraction of sp³-hybridized carbons (Fsp3) is 0.350. The summed E-state index contributed by atoms with van der Waals surface area (Å²) < 4.78 is 0. The Morgan fingerprint density at radius 3 is 2.52 bits per heavy atom. The van der Waals surface area contributed by atoms with Crippen molar-refractivity contribution in [3.05, 3.63) is 68.7 Å². The van der Waals surface area contributed by atoms with Crippen molar-refractivity contribution in [2.45, 2.75) is 39.3 Å². The molecule has 1 N–H and O–H groups in total. The van der Waals surface area contributed by atoms with E-state index in [0.29, 0.717) is 23.0 Å². The molecular weight excluding hydrogens is 366 g/mol. The van der Waals surface area contributed by atoms with Crippen molar-refractivity contribution in [3.63, 3.8) is 0 Å². The van der Waals surface area contributed by atoms with Crippen LogP contribution in [0, 0.1) is 10.1 Å². The second-order valence-electron chi connectivity index (χ2n) is 6.86. The van der Waals surface area contributed by atoms with E-state index in [4.69, 9.17) is 11.6 Å². The minimum Gasteiger partial charge on any atom is -0.324 e. The molecule has 0 heterocycles. The van der Waals surface area contributed by atoms with Gasteiger partial charge in [-0.15, -0.1) is 0 Å². The molecule has 0 aliphatic heterocycles. The van der Waals surface area contributed by atoms with Gasteiger partial charge in [-0.25, -0.2) is 0 Å². The van der Waals surface area contributed by atoms with Gasteiger partial charge in [-0.05, 0) is 43.1 Å². The molecule has 1 unspecified atom stereocenters. The maximum Gasteiger partial charge on any atom is 0.269 e. The molecule has 2 aromatic rings. The Morgan fingerprint density at radius 2 is 1.89 bits per heavy atom. The molecule has 2 rings (SSSR count). The fourth-order valence-corrected chi connectivity index (χ4v) is 2.93. The van der Waals surface area contributed by atoms with Crippen LogP contribution in [0.4, 0.5) is 11.4 Å². The normalized spacial score (nSPS) is 12.3. The first-order valence-electron chi connectivity index (χ1n) is 8.73. The van der Waals surface area contributed by atoms with Crippen molar-refractivity contribution in [2.24, 2.45) is 0 Å². The Balaban J connectivity index is 2.11. The molecule has 7 heteroatoms. The highest BCUT2D eigenvalue weighted by molar-refractivity contribution is 6.31. The van der Waals surface area contributed by atoms with Crippen LogP contribution < -0.4 is 5.32 Å². The lowest BCUT2D eigenvalue weighted by molar-refractivity contribution is -0.384. The predicted molar refractivity (Wildman–Crippen MR) is 108 cm³/mol. The molecule has 144 valence electrons. The van der Waals surface area contributed by atoms with E-state index in [0.717, 1.165) is 11.3 Å². The van der Waals surface area contributed by atoms with Gasteiger partial charge >= 0.3 is 0 Å². The number of hydrogen-bond acceptors (Lipinski definition) is 4. The number of para-hydroxylation sites is 1. The first kappa shape index (κ1) is 20.9. The molecule has 1 atom stereocenters. The zero-order valence-corrected chi connectivity index (χ0v) is 16.7. The number of non-ortho nitro benzene ring substituents is 1. The van der Waals surface area contributed by atoms with Gasteiger partial charge < -0.3 is 5.32 Å². The summed E-state index contributed by atoms with van der Waals surface area (Å²) in [5.74, 6) is 0.144. The van der Waals surface area contributed by atoms with Gasteiger partial charge in [0, 0.05) is 29.4 Å². The standard InChI is InChI=1S/C20H24ClN3O3/c1-13(2)17-7-5-6-8-19(17)22-20(25)14(3)23(4)12-15-11-16(24(26)27)9-10-18(15)21/h5-11,13-14H,12H2,1-4H3,(H,22,25). The van der Waals surface area contributed by atoms with Crippen LogP contribution in [0.1, 0.15) is 37.8 Å². The number of halogens is 1. The average molecular weight is 390 g/mol. The SMILES string of the molecule is CC(C)c1ccccc1NC(=O)C(C)N(C)Cc1cc([N+](=O)[O-])ccc1Cl. The minimum atomic E-state index is -0.460.